The topological polar surface area (TPSA) is 54.4 Å². The summed E-state index contributed by atoms with van der Waals surface area (Å²) in [7, 11) is 0. The molecule has 0 aliphatic carbocycles. The predicted molar refractivity (Wildman–Crippen MR) is 57.2 cm³/mol. The Morgan fingerprint density at radius 1 is 1.33 bits per heavy atom. The maximum absolute atomic E-state index is 12.4. The molecule has 1 rings (SSSR count). The lowest BCUT2D eigenvalue weighted by Crippen LogP contribution is -2.23. The van der Waals surface area contributed by atoms with Crippen LogP contribution in [-0.2, 0) is 11.0 Å². The Balaban J connectivity index is 3.11. The van der Waals surface area contributed by atoms with Gasteiger partial charge in [0.1, 0.15) is 5.92 Å². The Labute approximate surface area is 101 Å². The zero-order valence-electron chi connectivity index (χ0n) is 9.49. The largest absolute Gasteiger partial charge is 0.481 e. The highest BCUT2D eigenvalue weighted by atomic mass is 19.4. The van der Waals surface area contributed by atoms with Crippen molar-refractivity contribution in [2.75, 3.05) is 0 Å². The van der Waals surface area contributed by atoms with Crippen LogP contribution in [0.3, 0.4) is 0 Å². The smallest absolute Gasteiger partial charge is 0.416 e. The molecule has 0 radical (unpaired) electrons. The molecule has 1 aromatic carbocycles. The van der Waals surface area contributed by atoms with E-state index in [9.17, 15) is 22.8 Å². The monoisotopic (exact) mass is 260 g/mol. The Morgan fingerprint density at radius 2 is 1.94 bits per heavy atom. The number of carbonyl (C=O) groups excluding carboxylic acids is 1. The van der Waals surface area contributed by atoms with E-state index in [-0.39, 0.29) is 12.0 Å². The van der Waals surface area contributed by atoms with E-state index in [0.29, 0.717) is 6.07 Å². The zero-order valence-corrected chi connectivity index (χ0v) is 9.49. The van der Waals surface area contributed by atoms with Crippen molar-refractivity contribution in [2.45, 2.75) is 19.5 Å². The molecule has 0 saturated carbocycles. The summed E-state index contributed by atoms with van der Waals surface area (Å²) in [4.78, 5) is 22.5. The van der Waals surface area contributed by atoms with E-state index >= 15 is 0 Å². The fourth-order valence-corrected chi connectivity index (χ4v) is 1.52. The Hall–Kier alpha value is -1.85. The second-order valence-electron chi connectivity index (χ2n) is 3.74. The lowest BCUT2D eigenvalue weighted by atomic mass is 9.94. The minimum absolute atomic E-state index is 0.0322. The van der Waals surface area contributed by atoms with Crippen LogP contribution in [0.15, 0.2) is 24.3 Å². The standard InChI is InChI=1S/C12H11F3O3/c1-2-9(11(17)18)10(16)7-4-3-5-8(6-7)12(13,14)15/h3-6,9H,2H2,1H3,(H,17,18)/t9-/m1/s1. The van der Waals surface area contributed by atoms with Gasteiger partial charge in [-0.05, 0) is 18.6 Å². The van der Waals surface area contributed by atoms with E-state index in [2.05, 4.69) is 0 Å². The van der Waals surface area contributed by atoms with Crippen molar-refractivity contribution in [1.29, 1.82) is 0 Å². The molecule has 0 amide bonds. The first kappa shape index (κ1) is 14.2. The van der Waals surface area contributed by atoms with Crippen molar-refractivity contribution >= 4 is 11.8 Å². The van der Waals surface area contributed by atoms with Crippen LogP contribution in [0.2, 0.25) is 0 Å². The van der Waals surface area contributed by atoms with E-state index in [1.807, 2.05) is 0 Å². The molecule has 0 aliphatic heterocycles. The van der Waals surface area contributed by atoms with Crippen LogP contribution in [0.5, 0.6) is 0 Å². The highest BCUT2D eigenvalue weighted by Gasteiger charge is 2.32. The molecule has 0 spiro atoms. The maximum atomic E-state index is 12.4. The van der Waals surface area contributed by atoms with Gasteiger partial charge in [0.2, 0.25) is 0 Å². The van der Waals surface area contributed by atoms with E-state index in [1.54, 1.807) is 0 Å². The number of ketones is 1. The summed E-state index contributed by atoms with van der Waals surface area (Å²) in [6.07, 6.45) is -4.52. The summed E-state index contributed by atoms with van der Waals surface area (Å²) in [5, 5.41) is 8.79. The lowest BCUT2D eigenvalue weighted by molar-refractivity contribution is -0.140. The summed E-state index contributed by atoms with van der Waals surface area (Å²) in [6.45, 7) is 1.49. The molecule has 0 fully saturated rings. The van der Waals surface area contributed by atoms with Crippen molar-refractivity contribution in [3.63, 3.8) is 0 Å². The van der Waals surface area contributed by atoms with Gasteiger partial charge in [-0.2, -0.15) is 13.2 Å². The normalized spacial score (nSPS) is 13.1. The molecule has 6 heteroatoms. The average Bonchev–Trinajstić information content (AvgIpc) is 2.28. The SMILES string of the molecule is CC[C@@H](C(=O)O)C(=O)c1cccc(C(F)(F)F)c1. The van der Waals surface area contributed by atoms with Crippen LogP contribution >= 0.6 is 0 Å². The number of halogens is 3. The van der Waals surface area contributed by atoms with Crippen LogP contribution in [0.4, 0.5) is 13.2 Å². The number of carboxylic acid groups (broad SMARTS) is 1. The molecule has 0 aliphatic rings. The van der Waals surface area contributed by atoms with Crippen molar-refractivity contribution in [2.24, 2.45) is 5.92 Å². The second-order valence-corrected chi connectivity index (χ2v) is 3.74. The molecule has 0 bridgehead atoms. The lowest BCUT2D eigenvalue weighted by Gasteiger charge is -2.11. The van der Waals surface area contributed by atoms with Crippen LogP contribution in [0.1, 0.15) is 29.3 Å². The Morgan fingerprint density at radius 3 is 2.39 bits per heavy atom. The van der Waals surface area contributed by atoms with E-state index in [0.717, 1.165) is 12.1 Å². The minimum atomic E-state index is -4.55. The van der Waals surface area contributed by atoms with Crippen LogP contribution in [0.25, 0.3) is 0 Å². The third-order valence-electron chi connectivity index (χ3n) is 2.50. The van der Waals surface area contributed by atoms with Gasteiger partial charge in [-0.15, -0.1) is 0 Å². The highest BCUT2D eigenvalue weighted by molar-refractivity contribution is 6.08. The zero-order chi connectivity index (χ0) is 13.9. The fourth-order valence-electron chi connectivity index (χ4n) is 1.52. The first-order valence-electron chi connectivity index (χ1n) is 5.21. The van der Waals surface area contributed by atoms with Gasteiger partial charge in [-0.25, -0.2) is 0 Å². The number of aliphatic carboxylic acids is 1. The van der Waals surface area contributed by atoms with Crippen molar-refractivity contribution in [3.05, 3.63) is 35.4 Å². The molecule has 1 aromatic rings. The summed E-state index contributed by atoms with van der Waals surface area (Å²) in [5.74, 6) is -3.45. The number of Topliss-reactive ketones (excluding diaryl/α,β-unsaturated/α-hetero) is 1. The second kappa shape index (κ2) is 5.20. The first-order valence-corrected chi connectivity index (χ1v) is 5.21. The third-order valence-corrected chi connectivity index (χ3v) is 2.50. The number of carboxylic acids is 1. The number of carbonyl (C=O) groups is 2. The molecule has 98 valence electrons. The highest BCUT2D eigenvalue weighted by Crippen LogP contribution is 2.30. The summed E-state index contributed by atoms with van der Waals surface area (Å²) >= 11 is 0. The minimum Gasteiger partial charge on any atom is -0.481 e. The first-order chi connectivity index (χ1) is 8.27. The van der Waals surface area contributed by atoms with Gasteiger partial charge in [-0.3, -0.25) is 9.59 Å². The Bertz CT molecular complexity index is 466. The van der Waals surface area contributed by atoms with Crippen LogP contribution < -0.4 is 0 Å². The number of hydrogen-bond donors (Lipinski definition) is 1. The molecule has 1 atom stereocenters. The number of benzene rings is 1. The van der Waals surface area contributed by atoms with E-state index < -0.39 is 29.4 Å². The predicted octanol–water partition coefficient (Wildman–Crippen LogP) is 3.00. The number of alkyl halides is 3. The molecular weight excluding hydrogens is 249 g/mol. The maximum Gasteiger partial charge on any atom is 0.416 e. The van der Waals surface area contributed by atoms with Crippen LogP contribution in [0, 0.1) is 5.92 Å². The van der Waals surface area contributed by atoms with Crippen molar-refractivity contribution < 1.29 is 27.9 Å². The number of hydrogen-bond acceptors (Lipinski definition) is 2. The summed E-state index contributed by atoms with van der Waals surface area (Å²) < 4.78 is 37.3. The molecule has 3 nitrogen and oxygen atoms in total. The Kier molecular flexibility index (Phi) is 4.11. The average molecular weight is 260 g/mol. The van der Waals surface area contributed by atoms with Gasteiger partial charge >= 0.3 is 12.1 Å². The van der Waals surface area contributed by atoms with Gasteiger partial charge in [0.15, 0.2) is 5.78 Å². The summed E-state index contributed by atoms with van der Waals surface area (Å²) in [5.41, 5.74) is -1.20. The van der Waals surface area contributed by atoms with Crippen LogP contribution in [-0.4, -0.2) is 16.9 Å². The molecule has 0 saturated heterocycles. The molecule has 1 N–H and O–H groups in total. The van der Waals surface area contributed by atoms with Gasteiger partial charge < -0.3 is 5.11 Å². The van der Waals surface area contributed by atoms with Crippen molar-refractivity contribution in [1.82, 2.24) is 0 Å². The molecule has 18 heavy (non-hydrogen) atoms. The van der Waals surface area contributed by atoms with Crippen molar-refractivity contribution in [3.8, 4) is 0 Å². The number of rotatable bonds is 4. The van der Waals surface area contributed by atoms with Gasteiger partial charge in [0.05, 0.1) is 5.56 Å². The molecule has 0 unspecified atom stereocenters. The summed E-state index contributed by atoms with van der Waals surface area (Å²) in [6, 6.07) is 3.78. The van der Waals surface area contributed by atoms with Gasteiger partial charge in [0, 0.05) is 5.56 Å². The third kappa shape index (κ3) is 3.09. The molecule has 0 heterocycles. The molecular formula is C12H11F3O3. The van der Waals surface area contributed by atoms with E-state index in [1.165, 1.54) is 13.0 Å². The van der Waals surface area contributed by atoms with Gasteiger partial charge in [-0.1, -0.05) is 19.1 Å². The van der Waals surface area contributed by atoms with E-state index in [4.69, 9.17) is 5.11 Å². The van der Waals surface area contributed by atoms with Gasteiger partial charge in [0.25, 0.3) is 0 Å². The quantitative estimate of drug-likeness (QED) is 0.668. The molecule has 0 aromatic heterocycles. The fraction of sp³-hybridized carbons (Fsp3) is 0.333.